The number of aryl methyl sites for hydroxylation is 1. The van der Waals surface area contributed by atoms with E-state index in [4.69, 9.17) is 0 Å². The molecule has 0 amide bonds. The van der Waals surface area contributed by atoms with Crippen molar-refractivity contribution in [2.24, 2.45) is 0 Å². The van der Waals surface area contributed by atoms with Crippen molar-refractivity contribution in [1.29, 1.82) is 0 Å². The smallest absolute Gasteiger partial charge is 0.123 e. The number of halogens is 1. The van der Waals surface area contributed by atoms with Crippen molar-refractivity contribution < 1.29 is 4.39 Å². The molecule has 0 radical (unpaired) electrons. The number of hydrogen-bond donors (Lipinski definition) is 0. The van der Waals surface area contributed by atoms with E-state index in [1.807, 2.05) is 11.6 Å². The third-order valence-corrected chi connectivity index (χ3v) is 2.67. The number of nitrogens with zero attached hydrogens (tertiary/aromatic N) is 2. The largest absolute Gasteiger partial charge is 0.237 e. The van der Waals surface area contributed by atoms with Crippen LogP contribution in [0, 0.1) is 12.7 Å². The van der Waals surface area contributed by atoms with Crippen LogP contribution in [0.3, 0.4) is 0 Å². The normalized spacial score (nSPS) is 11.8. The average Bonchev–Trinajstić information content (AvgIpc) is 2.61. The first-order chi connectivity index (χ1) is 7.88. The zero-order valence-corrected chi connectivity index (χ0v) is 10.7. The monoisotopic (exact) mass is 232 g/mol. The summed E-state index contributed by atoms with van der Waals surface area (Å²) in [5.74, 6) is -0.227. The van der Waals surface area contributed by atoms with Crippen molar-refractivity contribution in [2.75, 3.05) is 0 Å². The molecular weight excluding hydrogens is 215 g/mol. The predicted molar refractivity (Wildman–Crippen MR) is 67.0 cm³/mol. The van der Waals surface area contributed by atoms with Gasteiger partial charge in [-0.15, -0.1) is 0 Å². The molecule has 0 aliphatic heterocycles. The molecule has 90 valence electrons. The predicted octanol–water partition coefficient (Wildman–Crippen LogP) is 3.62. The molecule has 17 heavy (non-hydrogen) atoms. The highest BCUT2D eigenvalue weighted by Crippen LogP contribution is 2.25. The molecule has 0 saturated carbocycles. The van der Waals surface area contributed by atoms with Crippen LogP contribution in [0.5, 0.6) is 0 Å². The Balaban J connectivity index is 2.55. The van der Waals surface area contributed by atoms with Gasteiger partial charge in [-0.05, 0) is 37.3 Å². The van der Waals surface area contributed by atoms with E-state index < -0.39 is 0 Å². The van der Waals surface area contributed by atoms with Crippen molar-refractivity contribution in [3.63, 3.8) is 0 Å². The van der Waals surface area contributed by atoms with Gasteiger partial charge in [0.15, 0.2) is 0 Å². The minimum atomic E-state index is -0.227. The van der Waals surface area contributed by atoms with Gasteiger partial charge in [0.1, 0.15) is 5.82 Å². The van der Waals surface area contributed by atoms with Gasteiger partial charge in [0, 0.05) is 11.1 Å². The maximum atomic E-state index is 12.9. The Kier molecular flexibility index (Phi) is 2.77. The van der Waals surface area contributed by atoms with Gasteiger partial charge in [-0.2, -0.15) is 5.10 Å². The topological polar surface area (TPSA) is 17.8 Å². The Morgan fingerprint density at radius 2 is 1.71 bits per heavy atom. The van der Waals surface area contributed by atoms with E-state index in [1.165, 1.54) is 12.1 Å². The molecule has 2 rings (SSSR count). The van der Waals surface area contributed by atoms with E-state index in [2.05, 4.69) is 31.9 Å². The highest BCUT2D eigenvalue weighted by Gasteiger charge is 2.20. The minimum Gasteiger partial charge on any atom is -0.237 e. The van der Waals surface area contributed by atoms with Crippen molar-refractivity contribution in [2.45, 2.75) is 33.1 Å². The van der Waals surface area contributed by atoms with Gasteiger partial charge < -0.3 is 0 Å². The standard InChI is InChI=1S/C14H17FN2/c1-10-9-13(14(2,3)4)17(16-10)12-7-5-11(15)6-8-12/h5-9H,1-4H3. The maximum Gasteiger partial charge on any atom is 0.123 e. The van der Waals surface area contributed by atoms with E-state index in [0.717, 1.165) is 17.1 Å². The summed E-state index contributed by atoms with van der Waals surface area (Å²) in [7, 11) is 0. The first-order valence-corrected chi connectivity index (χ1v) is 5.71. The molecule has 1 heterocycles. The van der Waals surface area contributed by atoms with Gasteiger partial charge in [0.2, 0.25) is 0 Å². The zero-order chi connectivity index (χ0) is 12.6. The molecule has 3 heteroatoms. The van der Waals surface area contributed by atoms with E-state index in [1.54, 1.807) is 12.1 Å². The number of hydrogen-bond acceptors (Lipinski definition) is 1. The SMILES string of the molecule is Cc1cc(C(C)(C)C)n(-c2ccc(F)cc2)n1. The molecule has 0 atom stereocenters. The fourth-order valence-electron chi connectivity index (χ4n) is 1.81. The molecule has 1 aromatic heterocycles. The first kappa shape index (κ1) is 11.8. The van der Waals surface area contributed by atoms with Crippen LogP contribution in [-0.4, -0.2) is 9.78 Å². The van der Waals surface area contributed by atoms with Crippen LogP contribution < -0.4 is 0 Å². The van der Waals surface area contributed by atoms with E-state index in [-0.39, 0.29) is 11.2 Å². The molecule has 0 saturated heterocycles. The molecule has 0 spiro atoms. The molecule has 1 aromatic carbocycles. The summed E-state index contributed by atoms with van der Waals surface area (Å²) in [6, 6.07) is 8.48. The lowest BCUT2D eigenvalue weighted by molar-refractivity contribution is 0.543. The lowest BCUT2D eigenvalue weighted by atomic mass is 9.92. The summed E-state index contributed by atoms with van der Waals surface area (Å²) >= 11 is 0. The Morgan fingerprint density at radius 3 is 2.24 bits per heavy atom. The zero-order valence-electron chi connectivity index (χ0n) is 10.7. The fourth-order valence-corrected chi connectivity index (χ4v) is 1.81. The number of rotatable bonds is 1. The quantitative estimate of drug-likeness (QED) is 0.734. The highest BCUT2D eigenvalue weighted by molar-refractivity contribution is 5.35. The first-order valence-electron chi connectivity index (χ1n) is 5.71. The van der Waals surface area contributed by atoms with Gasteiger partial charge in [-0.1, -0.05) is 20.8 Å². The van der Waals surface area contributed by atoms with Gasteiger partial charge >= 0.3 is 0 Å². The second-order valence-electron chi connectivity index (χ2n) is 5.31. The van der Waals surface area contributed by atoms with Gasteiger partial charge in [0.05, 0.1) is 11.4 Å². The number of benzene rings is 1. The molecule has 0 N–H and O–H groups in total. The van der Waals surface area contributed by atoms with Crippen LogP contribution in [0.25, 0.3) is 5.69 Å². The fraction of sp³-hybridized carbons (Fsp3) is 0.357. The minimum absolute atomic E-state index is 0.00957. The van der Waals surface area contributed by atoms with Gasteiger partial charge in [-0.25, -0.2) is 9.07 Å². The molecule has 2 aromatic rings. The second kappa shape index (κ2) is 3.99. The highest BCUT2D eigenvalue weighted by atomic mass is 19.1. The summed E-state index contributed by atoms with van der Waals surface area (Å²) in [4.78, 5) is 0. The van der Waals surface area contributed by atoms with Crippen LogP contribution in [0.2, 0.25) is 0 Å². The summed E-state index contributed by atoms with van der Waals surface area (Å²) in [5.41, 5.74) is 3.00. The third kappa shape index (κ3) is 2.38. The Bertz CT molecular complexity index is 518. The van der Waals surface area contributed by atoms with Gasteiger partial charge in [0.25, 0.3) is 0 Å². The van der Waals surface area contributed by atoms with E-state index in [0.29, 0.717) is 0 Å². The lowest BCUT2D eigenvalue weighted by Crippen LogP contribution is -2.17. The molecule has 0 aliphatic rings. The van der Waals surface area contributed by atoms with Crippen LogP contribution >= 0.6 is 0 Å². The van der Waals surface area contributed by atoms with Crippen molar-refractivity contribution in [3.8, 4) is 5.69 Å². The maximum absolute atomic E-state index is 12.9. The second-order valence-corrected chi connectivity index (χ2v) is 5.31. The Hall–Kier alpha value is -1.64. The summed E-state index contributed by atoms with van der Waals surface area (Å²) in [6.45, 7) is 8.39. The van der Waals surface area contributed by atoms with Crippen LogP contribution in [0.4, 0.5) is 4.39 Å². The van der Waals surface area contributed by atoms with Gasteiger partial charge in [-0.3, -0.25) is 0 Å². The number of aromatic nitrogens is 2. The molecule has 0 bridgehead atoms. The molecule has 0 aliphatic carbocycles. The summed E-state index contributed by atoms with van der Waals surface area (Å²) in [6.07, 6.45) is 0. The van der Waals surface area contributed by atoms with Crippen LogP contribution in [0.1, 0.15) is 32.2 Å². The van der Waals surface area contributed by atoms with Crippen molar-refractivity contribution >= 4 is 0 Å². The molecule has 0 unspecified atom stereocenters. The molecule has 0 fully saturated rings. The van der Waals surface area contributed by atoms with Crippen LogP contribution in [-0.2, 0) is 5.41 Å². The Morgan fingerprint density at radius 1 is 1.12 bits per heavy atom. The lowest BCUT2D eigenvalue weighted by Gasteiger charge is -2.20. The molecular formula is C14H17FN2. The third-order valence-electron chi connectivity index (χ3n) is 2.67. The summed E-state index contributed by atoms with van der Waals surface area (Å²) in [5, 5.41) is 4.47. The Labute approximate surface area is 101 Å². The van der Waals surface area contributed by atoms with Crippen LogP contribution in [0.15, 0.2) is 30.3 Å². The average molecular weight is 232 g/mol. The summed E-state index contributed by atoms with van der Waals surface area (Å²) < 4.78 is 14.8. The van der Waals surface area contributed by atoms with Crippen molar-refractivity contribution in [3.05, 3.63) is 47.5 Å². The van der Waals surface area contributed by atoms with Crippen molar-refractivity contribution in [1.82, 2.24) is 9.78 Å². The van der Waals surface area contributed by atoms with E-state index >= 15 is 0 Å². The molecule has 2 nitrogen and oxygen atoms in total. The van der Waals surface area contributed by atoms with E-state index in [9.17, 15) is 4.39 Å².